The summed E-state index contributed by atoms with van der Waals surface area (Å²) in [6, 6.07) is 14.2. The van der Waals surface area contributed by atoms with Gasteiger partial charge in [0.05, 0.1) is 11.4 Å². The van der Waals surface area contributed by atoms with E-state index in [1.54, 1.807) is 42.6 Å². The van der Waals surface area contributed by atoms with Gasteiger partial charge in [-0.15, -0.1) is 0 Å². The molecule has 2 aromatic heterocycles. The third-order valence-electron chi connectivity index (χ3n) is 5.24. The highest BCUT2D eigenvalue weighted by Crippen LogP contribution is 2.21. The zero-order valence-corrected chi connectivity index (χ0v) is 16.8. The molecule has 1 fully saturated rings. The highest BCUT2D eigenvalue weighted by atomic mass is 16.2. The SMILES string of the molecule is CN1CCC(C(=O)Nc2cccc(NC(=O)c3cccc(-c4ccn[nH]4)n3)c2)CC1. The van der Waals surface area contributed by atoms with E-state index in [9.17, 15) is 9.59 Å². The number of amides is 2. The van der Waals surface area contributed by atoms with Crippen LogP contribution in [0.4, 0.5) is 11.4 Å². The van der Waals surface area contributed by atoms with Crippen LogP contribution in [0.5, 0.6) is 0 Å². The molecular weight excluding hydrogens is 380 g/mol. The number of aromatic nitrogens is 3. The summed E-state index contributed by atoms with van der Waals surface area (Å²) in [5.74, 6) is -0.274. The largest absolute Gasteiger partial charge is 0.326 e. The van der Waals surface area contributed by atoms with E-state index in [0.29, 0.717) is 22.8 Å². The van der Waals surface area contributed by atoms with Crippen LogP contribution in [0.1, 0.15) is 23.3 Å². The van der Waals surface area contributed by atoms with Crippen molar-refractivity contribution >= 4 is 23.2 Å². The van der Waals surface area contributed by atoms with E-state index in [0.717, 1.165) is 31.6 Å². The molecule has 8 heteroatoms. The van der Waals surface area contributed by atoms with Crippen molar-refractivity contribution in [2.45, 2.75) is 12.8 Å². The molecule has 0 aliphatic carbocycles. The van der Waals surface area contributed by atoms with Gasteiger partial charge in [-0.2, -0.15) is 5.10 Å². The molecule has 0 bridgehead atoms. The van der Waals surface area contributed by atoms with Gasteiger partial charge >= 0.3 is 0 Å². The van der Waals surface area contributed by atoms with Gasteiger partial charge in [0, 0.05) is 23.5 Å². The van der Waals surface area contributed by atoms with Crippen molar-refractivity contribution in [1.82, 2.24) is 20.1 Å². The van der Waals surface area contributed by atoms with E-state index in [-0.39, 0.29) is 17.7 Å². The number of pyridine rings is 1. The maximum Gasteiger partial charge on any atom is 0.274 e. The van der Waals surface area contributed by atoms with Crippen molar-refractivity contribution in [1.29, 1.82) is 0 Å². The molecule has 3 heterocycles. The monoisotopic (exact) mass is 404 g/mol. The molecule has 4 rings (SSSR count). The lowest BCUT2D eigenvalue weighted by molar-refractivity contribution is -0.121. The molecule has 154 valence electrons. The number of benzene rings is 1. The topological polar surface area (TPSA) is 103 Å². The minimum Gasteiger partial charge on any atom is -0.326 e. The zero-order valence-electron chi connectivity index (χ0n) is 16.8. The van der Waals surface area contributed by atoms with E-state index < -0.39 is 0 Å². The molecule has 8 nitrogen and oxygen atoms in total. The van der Waals surface area contributed by atoms with Gasteiger partial charge in [-0.1, -0.05) is 12.1 Å². The molecule has 0 radical (unpaired) electrons. The Labute approximate surface area is 174 Å². The van der Waals surface area contributed by atoms with Crippen molar-refractivity contribution in [2.24, 2.45) is 5.92 Å². The molecular formula is C22H24N6O2. The van der Waals surface area contributed by atoms with Gasteiger partial charge in [-0.05, 0) is 69.4 Å². The smallest absolute Gasteiger partial charge is 0.274 e. The number of nitrogens with zero attached hydrogens (tertiary/aromatic N) is 3. The van der Waals surface area contributed by atoms with E-state index in [1.165, 1.54) is 0 Å². The van der Waals surface area contributed by atoms with Gasteiger partial charge in [-0.3, -0.25) is 14.7 Å². The normalized spacial score (nSPS) is 15.0. The lowest BCUT2D eigenvalue weighted by atomic mass is 9.96. The third kappa shape index (κ3) is 4.72. The zero-order chi connectivity index (χ0) is 20.9. The Hall–Kier alpha value is -3.52. The predicted molar refractivity (Wildman–Crippen MR) is 115 cm³/mol. The number of H-pyrrole nitrogens is 1. The highest BCUT2D eigenvalue weighted by Gasteiger charge is 2.23. The molecule has 1 aliphatic heterocycles. The van der Waals surface area contributed by atoms with Crippen molar-refractivity contribution in [3.05, 3.63) is 60.4 Å². The fourth-order valence-electron chi connectivity index (χ4n) is 3.49. The third-order valence-corrected chi connectivity index (χ3v) is 5.24. The molecule has 0 spiro atoms. The average molecular weight is 404 g/mol. The second-order valence-electron chi connectivity index (χ2n) is 7.48. The van der Waals surface area contributed by atoms with Gasteiger partial charge < -0.3 is 15.5 Å². The number of rotatable bonds is 5. The molecule has 3 aromatic rings. The van der Waals surface area contributed by atoms with Crippen LogP contribution in [-0.4, -0.2) is 52.0 Å². The first-order valence-corrected chi connectivity index (χ1v) is 9.96. The van der Waals surface area contributed by atoms with Crippen molar-refractivity contribution in [3.8, 4) is 11.4 Å². The molecule has 0 unspecified atom stereocenters. The summed E-state index contributed by atoms with van der Waals surface area (Å²) in [5, 5.41) is 12.6. The Morgan fingerprint density at radius 1 is 1.03 bits per heavy atom. The molecule has 1 aliphatic rings. The quantitative estimate of drug-likeness (QED) is 0.607. The Balaban J connectivity index is 1.41. The first-order valence-electron chi connectivity index (χ1n) is 9.96. The molecule has 0 atom stereocenters. The Kier molecular flexibility index (Phi) is 5.85. The Morgan fingerprint density at radius 2 is 1.77 bits per heavy atom. The number of aromatic amines is 1. The summed E-state index contributed by atoms with van der Waals surface area (Å²) in [4.78, 5) is 31.8. The lowest BCUT2D eigenvalue weighted by Crippen LogP contribution is -2.35. The maximum absolute atomic E-state index is 12.7. The van der Waals surface area contributed by atoms with Gasteiger partial charge in [0.1, 0.15) is 5.69 Å². The van der Waals surface area contributed by atoms with Crippen LogP contribution in [-0.2, 0) is 4.79 Å². The van der Waals surface area contributed by atoms with Crippen LogP contribution in [0.15, 0.2) is 54.7 Å². The lowest BCUT2D eigenvalue weighted by Gasteiger charge is -2.28. The molecule has 1 saturated heterocycles. The van der Waals surface area contributed by atoms with Gasteiger partial charge in [0.2, 0.25) is 5.91 Å². The fourth-order valence-corrected chi connectivity index (χ4v) is 3.49. The molecule has 30 heavy (non-hydrogen) atoms. The highest BCUT2D eigenvalue weighted by molar-refractivity contribution is 6.03. The average Bonchev–Trinajstić information content (AvgIpc) is 3.29. The molecule has 3 N–H and O–H groups in total. The van der Waals surface area contributed by atoms with E-state index in [2.05, 4.69) is 37.8 Å². The first-order chi connectivity index (χ1) is 14.6. The molecule has 1 aromatic carbocycles. The van der Waals surface area contributed by atoms with E-state index in [4.69, 9.17) is 0 Å². The summed E-state index contributed by atoms with van der Waals surface area (Å²) in [6.45, 7) is 1.86. The Morgan fingerprint density at radius 3 is 2.50 bits per heavy atom. The van der Waals surface area contributed by atoms with E-state index in [1.807, 2.05) is 12.1 Å². The van der Waals surface area contributed by atoms with Crippen LogP contribution >= 0.6 is 0 Å². The number of nitrogens with one attached hydrogen (secondary N) is 3. The van der Waals surface area contributed by atoms with Crippen LogP contribution < -0.4 is 10.6 Å². The van der Waals surface area contributed by atoms with Gasteiger partial charge in [-0.25, -0.2) is 4.98 Å². The summed E-state index contributed by atoms with van der Waals surface area (Å²) < 4.78 is 0. The number of likely N-dealkylation sites (tertiary alicyclic amines) is 1. The van der Waals surface area contributed by atoms with E-state index >= 15 is 0 Å². The molecule has 2 amide bonds. The van der Waals surface area contributed by atoms with Crippen LogP contribution in [0, 0.1) is 5.92 Å². The second-order valence-corrected chi connectivity index (χ2v) is 7.48. The van der Waals surface area contributed by atoms with Crippen molar-refractivity contribution in [2.75, 3.05) is 30.8 Å². The molecule has 0 saturated carbocycles. The minimum atomic E-state index is -0.324. The number of piperidine rings is 1. The second kappa shape index (κ2) is 8.87. The van der Waals surface area contributed by atoms with Crippen LogP contribution in [0.2, 0.25) is 0 Å². The summed E-state index contributed by atoms with van der Waals surface area (Å²) in [6.07, 6.45) is 3.35. The standard InChI is InChI=1S/C22H24N6O2/c1-28-12-9-15(10-13-28)21(29)24-16-4-2-5-17(14-16)25-22(30)20-7-3-6-18(26-20)19-8-11-23-27-19/h2-8,11,14-15H,9-10,12-13H2,1H3,(H,23,27)(H,24,29)(H,25,30). The maximum atomic E-state index is 12.7. The van der Waals surface area contributed by atoms with Crippen molar-refractivity contribution in [3.63, 3.8) is 0 Å². The van der Waals surface area contributed by atoms with Crippen LogP contribution in [0.25, 0.3) is 11.4 Å². The Bertz CT molecular complexity index is 1030. The predicted octanol–water partition coefficient (Wildman–Crippen LogP) is 3.00. The summed E-state index contributed by atoms with van der Waals surface area (Å²) >= 11 is 0. The summed E-state index contributed by atoms with van der Waals surface area (Å²) in [5.41, 5.74) is 2.93. The van der Waals surface area contributed by atoms with Gasteiger partial charge in [0.15, 0.2) is 0 Å². The number of hydrogen-bond donors (Lipinski definition) is 3. The minimum absolute atomic E-state index is 0.0221. The number of carbonyl (C=O) groups excluding carboxylic acids is 2. The fraction of sp³-hybridized carbons (Fsp3) is 0.273. The number of carbonyl (C=O) groups is 2. The van der Waals surface area contributed by atoms with Crippen molar-refractivity contribution < 1.29 is 9.59 Å². The summed E-state index contributed by atoms with van der Waals surface area (Å²) in [7, 11) is 2.07. The van der Waals surface area contributed by atoms with Gasteiger partial charge in [0.25, 0.3) is 5.91 Å². The van der Waals surface area contributed by atoms with Crippen LogP contribution in [0.3, 0.4) is 0 Å². The number of hydrogen-bond acceptors (Lipinski definition) is 5. The number of anilines is 2. The first kappa shape index (κ1) is 19.8.